The number of hydrogen-bond acceptors (Lipinski definition) is 4. The number of para-hydroxylation sites is 1. The number of rotatable bonds is 4. The third-order valence-corrected chi connectivity index (χ3v) is 5.18. The van der Waals surface area contributed by atoms with Crippen LogP contribution in [-0.2, 0) is 16.6 Å². The van der Waals surface area contributed by atoms with E-state index in [9.17, 15) is 9.59 Å². The first-order valence-corrected chi connectivity index (χ1v) is 9.34. The Hall–Kier alpha value is -2.38. The maximum atomic E-state index is 12.9. The van der Waals surface area contributed by atoms with Gasteiger partial charge in [0, 0.05) is 20.1 Å². The van der Waals surface area contributed by atoms with Gasteiger partial charge < -0.3 is 10.1 Å². The summed E-state index contributed by atoms with van der Waals surface area (Å²) in [4.78, 5) is 27.9. The molecule has 146 valence electrons. The molecule has 7 nitrogen and oxygen atoms in total. The summed E-state index contributed by atoms with van der Waals surface area (Å²) in [6.45, 7) is 9.11. The second-order valence-electron chi connectivity index (χ2n) is 7.31. The topological polar surface area (TPSA) is 68.5 Å². The van der Waals surface area contributed by atoms with Gasteiger partial charge in [-0.1, -0.05) is 18.2 Å². The second-order valence-corrected chi connectivity index (χ2v) is 7.31. The van der Waals surface area contributed by atoms with Gasteiger partial charge in [0.2, 0.25) is 5.91 Å². The molecule has 0 bridgehead atoms. The van der Waals surface area contributed by atoms with Crippen LogP contribution < -0.4 is 10.9 Å². The zero-order valence-corrected chi connectivity index (χ0v) is 16.6. The van der Waals surface area contributed by atoms with Crippen molar-refractivity contribution < 1.29 is 9.53 Å². The van der Waals surface area contributed by atoms with Crippen LogP contribution in [0.1, 0.15) is 26.5 Å². The van der Waals surface area contributed by atoms with Gasteiger partial charge in [-0.05, 0) is 39.8 Å². The molecule has 1 aromatic carbocycles. The van der Waals surface area contributed by atoms with Crippen molar-refractivity contribution in [3.05, 3.63) is 46.4 Å². The molecular formula is C20H28N4O3. The van der Waals surface area contributed by atoms with Crippen LogP contribution in [0, 0.1) is 6.92 Å². The molecule has 0 saturated carbocycles. The third-order valence-electron chi connectivity index (χ3n) is 5.18. The summed E-state index contributed by atoms with van der Waals surface area (Å²) in [5.41, 5.74) is 1.57. The highest BCUT2D eigenvalue weighted by molar-refractivity contribution is 5.95. The smallest absolute Gasteiger partial charge is 0.295 e. The highest BCUT2D eigenvalue weighted by Gasteiger charge is 2.30. The van der Waals surface area contributed by atoms with E-state index in [2.05, 4.69) is 10.2 Å². The number of anilines is 1. The van der Waals surface area contributed by atoms with E-state index in [1.54, 1.807) is 9.36 Å². The summed E-state index contributed by atoms with van der Waals surface area (Å²) >= 11 is 0. The average molecular weight is 372 g/mol. The minimum absolute atomic E-state index is 0.0813. The summed E-state index contributed by atoms with van der Waals surface area (Å²) in [5.74, 6) is -0.178. The summed E-state index contributed by atoms with van der Waals surface area (Å²) < 4.78 is 9.07. The van der Waals surface area contributed by atoms with Crippen LogP contribution in [0.4, 0.5) is 5.69 Å². The normalized spacial score (nSPS) is 21.8. The Kier molecular flexibility index (Phi) is 5.53. The van der Waals surface area contributed by atoms with E-state index in [1.807, 2.05) is 65.1 Å². The third kappa shape index (κ3) is 3.84. The largest absolute Gasteiger partial charge is 0.373 e. The standard InChI is InChI=1S/C20H28N4O3/c1-13-11-23(12-14(2)27-13)16(4)19(25)21-18-15(3)22(5)24(20(18)26)17-9-7-6-8-10-17/h6-10,13-14,16H,11-12H2,1-5H3,(H,21,25)/t13-,14+,16-/m0/s1. The van der Waals surface area contributed by atoms with Crippen molar-refractivity contribution in [2.24, 2.45) is 7.05 Å². The number of hydrogen-bond donors (Lipinski definition) is 1. The Morgan fingerprint density at radius 3 is 2.37 bits per heavy atom. The lowest BCUT2D eigenvalue weighted by molar-refractivity contribution is -0.126. The quantitative estimate of drug-likeness (QED) is 0.890. The molecule has 1 aliphatic heterocycles. The molecule has 27 heavy (non-hydrogen) atoms. The zero-order valence-electron chi connectivity index (χ0n) is 16.6. The first kappa shape index (κ1) is 19.4. The average Bonchev–Trinajstić information content (AvgIpc) is 2.84. The lowest BCUT2D eigenvalue weighted by Gasteiger charge is -2.38. The lowest BCUT2D eigenvalue weighted by atomic mass is 10.1. The van der Waals surface area contributed by atoms with E-state index in [-0.39, 0.29) is 29.7 Å². The predicted molar refractivity (Wildman–Crippen MR) is 105 cm³/mol. The van der Waals surface area contributed by atoms with Crippen molar-refractivity contribution in [2.75, 3.05) is 18.4 Å². The molecule has 1 amide bonds. The number of amides is 1. The van der Waals surface area contributed by atoms with Crippen molar-refractivity contribution in [1.29, 1.82) is 0 Å². The number of aromatic nitrogens is 2. The van der Waals surface area contributed by atoms with Crippen LogP contribution in [0.5, 0.6) is 0 Å². The van der Waals surface area contributed by atoms with Crippen LogP contribution in [0.2, 0.25) is 0 Å². The lowest BCUT2D eigenvalue weighted by Crippen LogP contribution is -2.52. The summed E-state index contributed by atoms with van der Waals surface area (Å²) in [6.07, 6.45) is 0.163. The molecule has 1 N–H and O–H groups in total. The molecule has 3 atom stereocenters. The minimum Gasteiger partial charge on any atom is -0.373 e. The molecule has 0 radical (unpaired) electrons. The molecule has 0 spiro atoms. The molecular weight excluding hydrogens is 344 g/mol. The molecule has 1 aliphatic rings. The number of carbonyl (C=O) groups excluding carboxylic acids is 1. The van der Waals surface area contributed by atoms with Gasteiger partial charge in [-0.25, -0.2) is 4.68 Å². The second kappa shape index (κ2) is 7.70. The SMILES string of the molecule is Cc1c(NC(=O)[C@H](C)N2C[C@@H](C)O[C@@H](C)C2)c(=O)n(-c2ccccc2)n1C. The number of carbonyl (C=O) groups is 1. The number of morpholine rings is 1. The van der Waals surface area contributed by atoms with Crippen molar-refractivity contribution >= 4 is 11.6 Å². The zero-order chi connectivity index (χ0) is 19.7. The maximum Gasteiger partial charge on any atom is 0.295 e. The van der Waals surface area contributed by atoms with Gasteiger partial charge in [0.05, 0.1) is 29.6 Å². The van der Waals surface area contributed by atoms with Crippen molar-refractivity contribution in [1.82, 2.24) is 14.3 Å². The van der Waals surface area contributed by atoms with Gasteiger partial charge in [-0.15, -0.1) is 0 Å². The van der Waals surface area contributed by atoms with Gasteiger partial charge >= 0.3 is 0 Å². The highest BCUT2D eigenvalue weighted by Crippen LogP contribution is 2.17. The highest BCUT2D eigenvalue weighted by atomic mass is 16.5. The van der Waals surface area contributed by atoms with E-state index in [1.165, 1.54) is 0 Å². The Morgan fingerprint density at radius 2 is 1.78 bits per heavy atom. The van der Waals surface area contributed by atoms with Crippen LogP contribution in [0.15, 0.2) is 35.1 Å². The Labute approximate surface area is 159 Å². The van der Waals surface area contributed by atoms with Crippen molar-refractivity contribution in [3.63, 3.8) is 0 Å². The molecule has 2 heterocycles. The molecule has 1 fully saturated rings. The predicted octanol–water partition coefficient (Wildman–Crippen LogP) is 1.92. The molecule has 2 aromatic rings. The van der Waals surface area contributed by atoms with Gasteiger partial charge in [0.25, 0.3) is 5.56 Å². The van der Waals surface area contributed by atoms with Crippen LogP contribution in [0.3, 0.4) is 0 Å². The molecule has 1 aromatic heterocycles. The van der Waals surface area contributed by atoms with Crippen LogP contribution in [0.25, 0.3) is 5.69 Å². The summed E-state index contributed by atoms with van der Waals surface area (Å²) in [5, 5.41) is 2.86. The Bertz CT molecular complexity index is 861. The Balaban J connectivity index is 1.83. The van der Waals surface area contributed by atoms with E-state index >= 15 is 0 Å². The number of ether oxygens (including phenoxy) is 1. The first-order chi connectivity index (χ1) is 12.8. The van der Waals surface area contributed by atoms with Crippen molar-refractivity contribution in [2.45, 2.75) is 45.9 Å². The van der Waals surface area contributed by atoms with Gasteiger partial charge in [-0.2, -0.15) is 0 Å². The molecule has 1 saturated heterocycles. The number of nitrogens with one attached hydrogen (secondary N) is 1. The van der Waals surface area contributed by atoms with E-state index in [0.29, 0.717) is 24.5 Å². The summed E-state index contributed by atoms with van der Waals surface area (Å²) in [7, 11) is 1.81. The van der Waals surface area contributed by atoms with Gasteiger partial charge in [-0.3, -0.25) is 19.2 Å². The van der Waals surface area contributed by atoms with Crippen LogP contribution in [-0.4, -0.2) is 51.5 Å². The number of benzene rings is 1. The Morgan fingerprint density at radius 1 is 1.19 bits per heavy atom. The van der Waals surface area contributed by atoms with E-state index in [4.69, 9.17) is 4.74 Å². The first-order valence-electron chi connectivity index (χ1n) is 9.34. The molecule has 3 rings (SSSR count). The number of nitrogens with zero attached hydrogens (tertiary/aromatic N) is 3. The van der Waals surface area contributed by atoms with Crippen molar-refractivity contribution in [3.8, 4) is 5.69 Å². The minimum atomic E-state index is -0.344. The molecule has 0 unspecified atom stereocenters. The maximum absolute atomic E-state index is 12.9. The fourth-order valence-electron chi connectivity index (χ4n) is 3.64. The van der Waals surface area contributed by atoms with Gasteiger partial charge in [0.15, 0.2) is 0 Å². The fourth-order valence-corrected chi connectivity index (χ4v) is 3.64. The van der Waals surface area contributed by atoms with Crippen LogP contribution >= 0.6 is 0 Å². The molecule has 7 heteroatoms. The fraction of sp³-hybridized carbons (Fsp3) is 0.500. The van der Waals surface area contributed by atoms with E-state index in [0.717, 1.165) is 5.69 Å². The van der Waals surface area contributed by atoms with E-state index < -0.39 is 0 Å². The van der Waals surface area contributed by atoms with Gasteiger partial charge in [0.1, 0.15) is 5.69 Å². The monoisotopic (exact) mass is 372 g/mol. The molecule has 0 aliphatic carbocycles. The summed E-state index contributed by atoms with van der Waals surface area (Å²) in [6, 6.07) is 9.05.